The number of aliphatic hydroxyl groups excluding tert-OH is 2. The maximum absolute atomic E-state index is 9.02. The van der Waals surface area contributed by atoms with E-state index in [4.69, 9.17) is 51.0 Å². The zero-order valence-corrected chi connectivity index (χ0v) is 21.8. The third-order valence-electron chi connectivity index (χ3n) is 4.64. The number of hydrogen-bond donors (Lipinski definition) is 2. The number of epoxide rings is 1. The van der Waals surface area contributed by atoms with Crippen molar-refractivity contribution in [1.82, 2.24) is 0 Å². The summed E-state index contributed by atoms with van der Waals surface area (Å²) in [5, 5.41) is 17.6. The molecule has 0 spiro atoms. The Morgan fingerprint density at radius 2 is 1.23 bits per heavy atom. The van der Waals surface area contributed by atoms with Crippen LogP contribution in [-0.4, -0.2) is 122 Å². The van der Waals surface area contributed by atoms with E-state index in [1.165, 1.54) is 0 Å². The van der Waals surface area contributed by atoms with Crippen molar-refractivity contribution in [2.45, 2.75) is 37.1 Å². The van der Waals surface area contributed by atoms with Gasteiger partial charge in [-0.2, -0.15) is 0 Å². The van der Waals surface area contributed by atoms with Gasteiger partial charge < -0.3 is 51.0 Å². The second-order valence-electron chi connectivity index (χ2n) is 6.74. The normalized spacial score (nSPS) is 17.2. The first kappa shape index (κ1) is 31.0. The highest BCUT2D eigenvalue weighted by molar-refractivity contribution is 6.60. The lowest BCUT2D eigenvalue weighted by Gasteiger charge is -2.24. The standard InChI is InChI=1S/C9H22O6Si.C9H20O5Si/c1-12-16(13-2,14-3)6-4-5-15-8-9(11)7-10;1-10-15(11-2,12-3)6-4-5-13-7-9-8-14-9/h9-11H,4-8H2,1-3H3;9H,4-8H2,1-3H3. The highest BCUT2D eigenvalue weighted by atomic mass is 28.4. The van der Waals surface area contributed by atoms with Gasteiger partial charge in [-0.15, -0.1) is 0 Å². The van der Waals surface area contributed by atoms with Gasteiger partial charge in [0.1, 0.15) is 12.2 Å². The van der Waals surface area contributed by atoms with Crippen LogP contribution in [0.3, 0.4) is 0 Å². The molecule has 0 radical (unpaired) electrons. The predicted molar refractivity (Wildman–Crippen MR) is 117 cm³/mol. The van der Waals surface area contributed by atoms with Crippen molar-refractivity contribution in [3.05, 3.63) is 0 Å². The summed E-state index contributed by atoms with van der Waals surface area (Å²) in [5.74, 6) is 0. The van der Waals surface area contributed by atoms with Crippen LogP contribution >= 0.6 is 0 Å². The zero-order chi connectivity index (χ0) is 23.6. The van der Waals surface area contributed by atoms with Crippen molar-refractivity contribution >= 4 is 17.6 Å². The first-order chi connectivity index (χ1) is 14.9. The van der Waals surface area contributed by atoms with Gasteiger partial charge in [-0.1, -0.05) is 0 Å². The van der Waals surface area contributed by atoms with Crippen LogP contribution in [0.1, 0.15) is 12.8 Å². The smallest absolute Gasteiger partial charge is 0.394 e. The fourth-order valence-electron chi connectivity index (χ4n) is 2.54. The monoisotopic (exact) mass is 490 g/mol. The van der Waals surface area contributed by atoms with Crippen LogP contribution in [0.15, 0.2) is 0 Å². The van der Waals surface area contributed by atoms with Gasteiger partial charge in [-0.05, 0) is 12.8 Å². The largest absolute Gasteiger partial charge is 0.500 e. The minimum atomic E-state index is -2.49. The summed E-state index contributed by atoms with van der Waals surface area (Å²) in [6.45, 7) is 2.56. The van der Waals surface area contributed by atoms with Crippen LogP contribution in [-0.2, 0) is 40.8 Å². The van der Waals surface area contributed by atoms with Crippen LogP contribution in [0.5, 0.6) is 0 Å². The molecule has 0 aliphatic carbocycles. The van der Waals surface area contributed by atoms with Gasteiger partial charge in [0.15, 0.2) is 0 Å². The van der Waals surface area contributed by atoms with Gasteiger partial charge in [0.25, 0.3) is 0 Å². The Labute approximate surface area is 188 Å². The van der Waals surface area contributed by atoms with Crippen LogP contribution in [0.2, 0.25) is 12.1 Å². The van der Waals surface area contributed by atoms with Crippen molar-refractivity contribution in [3.63, 3.8) is 0 Å². The Bertz CT molecular complexity index is 391. The molecular formula is C18H42O11Si2. The minimum absolute atomic E-state index is 0.137. The first-order valence-corrected chi connectivity index (χ1v) is 14.1. The number of aliphatic hydroxyl groups is 2. The summed E-state index contributed by atoms with van der Waals surface area (Å²) >= 11 is 0. The molecule has 188 valence electrons. The van der Waals surface area contributed by atoms with Crippen molar-refractivity contribution in [1.29, 1.82) is 0 Å². The average molecular weight is 491 g/mol. The Morgan fingerprint density at radius 1 is 0.806 bits per heavy atom. The third kappa shape index (κ3) is 14.0. The molecule has 11 nitrogen and oxygen atoms in total. The molecule has 2 unspecified atom stereocenters. The van der Waals surface area contributed by atoms with Gasteiger partial charge in [-0.3, -0.25) is 0 Å². The average Bonchev–Trinajstić information content (AvgIpc) is 3.64. The summed E-state index contributed by atoms with van der Waals surface area (Å²) in [7, 11) is 4.68. The van der Waals surface area contributed by atoms with Crippen molar-refractivity contribution in [2.24, 2.45) is 0 Å². The Morgan fingerprint density at radius 3 is 1.58 bits per heavy atom. The molecule has 1 aliphatic rings. The van der Waals surface area contributed by atoms with Crippen LogP contribution in [0.4, 0.5) is 0 Å². The second-order valence-corrected chi connectivity index (χ2v) is 12.9. The Hall–Kier alpha value is -0.00623. The molecular weight excluding hydrogens is 448 g/mol. The molecule has 0 aromatic rings. The van der Waals surface area contributed by atoms with E-state index in [0.29, 0.717) is 32.0 Å². The molecule has 1 rings (SSSR count). The van der Waals surface area contributed by atoms with Gasteiger partial charge >= 0.3 is 17.6 Å². The van der Waals surface area contributed by atoms with Crippen LogP contribution in [0, 0.1) is 0 Å². The van der Waals surface area contributed by atoms with Crippen molar-refractivity contribution < 1.29 is 51.0 Å². The molecule has 1 saturated heterocycles. The SMILES string of the molecule is CO[Si](CCCOCC(O)CO)(OC)OC.CO[Si](CCCOCC1CO1)(OC)OC. The van der Waals surface area contributed by atoms with E-state index < -0.39 is 23.7 Å². The van der Waals surface area contributed by atoms with Gasteiger partial charge in [0.2, 0.25) is 0 Å². The summed E-state index contributed by atoms with van der Waals surface area (Å²) in [4.78, 5) is 0. The Balaban J connectivity index is 0.000000581. The molecule has 0 saturated carbocycles. The summed E-state index contributed by atoms with van der Waals surface area (Å²) < 4.78 is 47.2. The van der Waals surface area contributed by atoms with E-state index in [2.05, 4.69) is 0 Å². The summed E-state index contributed by atoms with van der Waals surface area (Å²) in [5.41, 5.74) is 0. The van der Waals surface area contributed by atoms with E-state index in [9.17, 15) is 0 Å². The van der Waals surface area contributed by atoms with E-state index in [0.717, 1.165) is 25.5 Å². The molecule has 0 bridgehead atoms. The molecule has 2 N–H and O–H groups in total. The molecule has 0 aromatic heterocycles. The predicted octanol–water partition coefficient (Wildman–Crippen LogP) is 0.294. The lowest BCUT2D eigenvalue weighted by Crippen LogP contribution is -2.42. The molecule has 1 aliphatic heterocycles. The number of ether oxygens (including phenoxy) is 3. The van der Waals surface area contributed by atoms with E-state index in [1.807, 2.05) is 0 Å². The summed E-state index contributed by atoms with van der Waals surface area (Å²) in [6, 6.07) is 1.44. The topological polar surface area (TPSA) is 127 Å². The quantitative estimate of drug-likeness (QED) is 0.147. The van der Waals surface area contributed by atoms with Crippen molar-refractivity contribution in [2.75, 3.05) is 82.3 Å². The van der Waals surface area contributed by atoms with Gasteiger partial charge in [0.05, 0.1) is 26.4 Å². The molecule has 1 fully saturated rings. The fourth-order valence-corrected chi connectivity index (χ4v) is 5.92. The van der Waals surface area contributed by atoms with Gasteiger partial charge in [0, 0.05) is 68.0 Å². The fraction of sp³-hybridized carbons (Fsp3) is 1.00. The Kier molecular flexibility index (Phi) is 18.4. The maximum Gasteiger partial charge on any atom is 0.500 e. The van der Waals surface area contributed by atoms with E-state index >= 15 is 0 Å². The molecule has 1 heterocycles. The molecule has 0 amide bonds. The van der Waals surface area contributed by atoms with E-state index in [1.54, 1.807) is 42.7 Å². The highest BCUT2D eigenvalue weighted by Crippen LogP contribution is 2.16. The molecule has 2 atom stereocenters. The lowest BCUT2D eigenvalue weighted by atomic mass is 10.4. The molecule has 31 heavy (non-hydrogen) atoms. The third-order valence-corrected chi connectivity index (χ3v) is 10.3. The zero-order valence-electron chi connectivity index (χ0n) is 19.8. The molecule has 0 aromatic carbocycles. The number of rotatable bonds is 19. The lowest BCUT2D eigenvalue weighted by molar-refractivity contribution is 0.00543. The minimum Gasteiger partial charge on any atom is -0.394 e. The highest BCUT2D eigenvalue weighted by Gasteiger charge is 2.37. The van der Waals surface area contributed by atoms with Crippen molar-refractivity contribution in [3.8, 4) is 0 Å². The molecule has 13 heteroatoms. The first-order valence-electron chi connectivity index (χ1n) is 10.3. The maximum atomic E-state index is 9.02. The second kappa shape index (κ2) is 18.4. The van der Waals surface area contributed by atoms with E-state index in [-0.39, 0.29) is 13.2 Å². The summed E-state index contributed by atoms with van der Waals surface area (Å²) in [6.07, 6.45) is 1.13. The van der Waals surface area contributed by atoms with Crippen LogP contribution < -0.4 is 0 Å². The number of hydrogen-bond acceptors (Lipinski definition) is 11. The van der Waals surface area contributed by atoms with Gasteiger partial charge in [-0.25, -0.2) is 0 Å². The van der Waals surface area contributed by atoms with Crippen LogP contribution in [0.25, 0.3) is 0 Å².